The van der Waals surface area contributed by atoms with Crippen LogP contribution in [0.5, 0.6) is 5.88 Å². The number of hydrogen-bond donors (Lipinski definition) is 1. The Kier molecular flexibility index (Phi) is 4.12. The van der Waals surface area contributed by atoms with Gasteiger partial charge in [-0.05, 0) is 6.42 Å². The molecule has 0 aliphatic carbocycles. The predicted octanol–water partition coefficient (Wildman–Crippen LogP) is 0.628. The van der Waals surface area contributed by atoms with Crippen molar-refractivity contribution in [1.82, 2.24) is 9.97 Å². The van der Waals surface area contributed by atoms with Crippen molar-refractivity contribution in [2.24, 2.45) is 5.14 Å². The maximum Gasteiger partial charge on any atom is 0.422 e. The van der Waals surface area contributed by atoms with Crippen LogP contribution >= 0.6 is 0 Å². The Morgan fingerprint density at radius 3 is 2.44 bits per heavy atom. The van der Waals surface area contributed by atoms with Gasteiger partial charge in [0.2, 0.25) is 15.9 Å². The highest BCUT2D eigenvalue weighted by Crippen LogP contribution is 2.25. The van der Waals surface area contributed by atoms with Crippen LogP contribution in [-0.4, -0.2) is 31.2 Å². The van der Waals surface area contributed by atoms with E-state index in [1.54, 1.807) is 6.92 Å². The van der Waals surface area contributed by atoms with Gasteiger partial charge in [-0.2, -0.15) is 13.2 Å². The number of hydrogen-bond acceptors (Lipinski definition) is 5. The SMILES string of the molecule is CCc1ncnc(OCC(F)(F)F)c1S(N)(=O)=O. The standard InChI is InChI=1S/C8H10F3N3O3S/c1-2-5-6(18(12,15)16)7(14-4-13-5)17-3-8(9,10)11/h4H,2-3H2,1H3,(H2,12,15,16). The van der Waals surface area contributed by atoms with E-state index < -0.39 is 33.6 Å². The summed E-state index contributed by atoms with van der Waals surface area (Å²) in [4.78, 5) is 6.39. The third kappa shape index (κ3) is 3.81. The number of ether oxygens (including phenoxy) is 1. The molecule has 18 heavy (non-hydrogen) atoms. The number of sulfonamides is 1. The van der Waals surface area contributed by atoms with Crippen LogP contribution in [0, 0.1) is 0 Å². The summed E-state index contributed by atoms with van der Waals surface area (Å²) in [5.74, 6) is -0.693. The van der Waals surface area contributed by atoms with E-state index >= 15 is 0 Å². The Bertz CT molecular complexity index is 530. The molecule has 0 aromatic carbocycles. The Balaban J connectivity index is 3.20. The van der Waals surface area contributed by atoms with Gasteiger partial charge in [0.05, 0.1) is 5.69 Å². The normalized spacial score (nSPS) is 12.5. The maximum absolute atomic E-state index is 12.0. The van der Waals surface area contributed by atoms with Gasteiger partial charge in [0.1, 0.15) is 6.33 Å². The first kappa shape index (κ1) is 14.6. The number of aryl methyl sites for hydroxylation is 1. The smallest absolute Gasteiger partial charge is 0.422 e. The Hall–Kier alpha value is -1.42. The van der Waals surface area contributed by atoms with Crippen molar-refractivity contribution in [2.75, 3.05) is 6.61 Å². The summed E-state index contributed by atoms with van der Waals surface area (Å²) >= 11 is 0. The van der Waals surface area contributed by atoms with Gasteiger partial charge in [-0.25, -0.2) is 23.5 Å². The average molecular weight is 285 g/mol. The van der Waals surface area contributed by atoms with Crippen LogP contribution in [-0.2, 0) is 16.4 Å². The van der Waals surface area contributed by atoms with E-state index in [-0.39, 0.29) is 12.1 Å². The van der Waals surface area contributed by atoms with Gasteiger partial charge < -0.3 is 4.74 Å². The summed E-state index contributed by atoms with van der Waals surface area (Å²) < 4.78 is 62.9. The molecular weight excluding hydrogens is 275 g/mol. The Morgan fingerprint density at radius 1 is 1.39 bits per heavy atom. The topological polar surface area (TPSA) is 95.2 Å². The van der Waals surface area contributed by atoms with E-state index in [0.717, 1.165) is 6.33 Å². The molecule has 2 N–H and O–H groups in total. The monoisotopic (exact) mass is 285 g/mol. The predicted molar refractivity (Wildman–Crippen MR) is 54.3 cm³/mol. The molecule has 1 aromatic rings. The highest BCUT2D eigenvalue weighted by Gasteiger charge is 2.31. The summed E-state index contributed by atoms with van der Waals surface area (Å²) in [6.45, 7) is -0.0831. The van der Waals surface area contributed by atoms with Gasteiger partial charge in [0, 0.05) is 0 Å². The summed E-state index contributed by atoms with van der Waals surface area (Å²) in [6.07, 6.45) is -3.52. The van der Waals surface area contributed by atoms with Crippen molar-refractivity contribution in [1.29, 1.82) is 0 Å². The molecule has 0 atom stereocenters. The highest BCUT2D eigenvalue weighted by atomic mass is 32.2. The molecule has 102 valence electrons. The van der Waals surface area contributed by atoms with Crippen molar-refractivity contribution in [3.63, 3.8) is 0 Å². The maximum atomic E-state index is 12.0. The fourth-order valence-corrected chi connectivity index (χ4v) is 2.06. The second-order valence-electron chi connectivity index (χ2n) is 3.26. The van der Waals surface area contributed by atoms with Crippen molar-refractivity contribution in [3.05, 3.63) is 12.0 Å². The van der Waals surface area contributed by atoms with Gasteiger partial charge >= 0.3 is 6.18 Å². The third-order valence-electron chi connectivity index (χ3n) is 1.84. The summed E-state index contributed by atoms with van der Waals surface area (Å²) in [5.41, 5.74) is 0.00433. The minimum Gasteiger partial charge on any atom is -0.467 e. The molecule has 0 saturated carbocycles. The fraction of sp³-hybridized carbons (Fsp3) is 0.500. The molecule has 0 saturated heterocycles. The number of nitrogens with zero attached hydrogens (tertiary/aromatic N) is 2. The van der Waals surface area contributed by atoms with Crippen molar-refractivity contribution in [3.8, 4) is 5.88 Å². The van der Waals surface area contributed by atoms with Crippen molar-refractivity contribution < 1.29 is 26.3 Å². The van der Waals surface area contributed by atoms with E-state index in [2.05, 4.69) is 14.7 Å². The van der Waals surface area contributed by atoms with Crippen LogP contribution in [0.15, 0.2) is 11.2 Å². The quantitative estimate of drug-likeness (QED) is 0.875. The van der Waals surface area contributed by atoms with Crippen LogP contribution in [0.2, 0.25) is 0 Å². The number of primary sulfonamides is 1. The molecule has 6 nitrogen and oxygen atoms in total. The first-order valence-corrected chi connectivity index (χ1v) is 6.26. The lowest BCUT2D eigenvalue weighted by molar-refractivity contribution is -0.154. The van der Waals surface area contributed by atoms with Crippen LogP contribution in [0.1, 0.15) is 12.6 Å². The van der Waals surface area contributed by atoms with Gasteiger partial charge in [0.25, 0.3) is 0 Å². The van der Waals surface area contributed by atoms with E-state index in [9.17, 15) is 21.6 Å². The molecule has 0 amide bonds. The molecule has 0 radical (unpaired) electrons. The highest BCUT2D eigenvalue weighted by molar-refractivity contribution is 7.89. The summed E-state index contributed by atoms with van der Waals surface area (Å²) in [6, 6.07) is 0. The minimum atomic E-state index is -4.60. The summed E-state index contributed by atoms with van der Waals surface area (Å²) in [5, 5.41) is 4.90. The van der Waals surface area contributed by atoms with E-state index in [1.807, 2.05) is 0 Å². The van der Waals surface area contributed by atoms with Gasteiger partial charge in [0.15, 0.2) is 11.5 Å². The van der Waals surface area contributed by atoms with Crippen molar-refractivity contribution >= 4 is 10.0 Å². The van der Waals surface area contributed by atoms with Gasteiger partial charge in [-0.3, -0.25) is 0 Å². The lowest BCUT2D eigenvalue weighted by Crippen LogP contribution is -2.23. The number of halogens is 3. The first-order valence-electron chi connectivity index (χ1n) is 4.71. The second-order valence-corrected chi connectivity index (χ2v) is 4.76. The minimum absolute atomic E-state index is 0.00433. The fourth-order valence-electron chi connectivity index (χ4n) is 1.18. The molecule has 1 rings (SSSR count). The molecule has 0 spiro atoms. The van der Waals surface area contributed by atoms with E-state index in [4.69, 9.17) is 5.14 Å². The molecular formula is C8H10F3N3O3S. The molecule has 0 aliphatic heterocycles. The molecule has 0 bridgehead atoms. The van der Waals surface area contributed by atoms with E-state index in [1.165, 1.54) is 0 Å². The number of aromatic nitrogens is 2. The number of nitrogens with two attached hydrogens (primary N) is 1. The zero-order chi connectivity index (χ0) is 14.0. The van der Waals surface area contributed by atoms with Gasteiger partial charge in [-0.15, -0.1) is 0 Å². The third-order valence-corrected chi connectivity index (χ3v) is 2.82. The van der Waals surface area contributed by atoms with Crippen LogP contribution in [0.25, 0.3) is 0 Å². The van der Waals surface area contributed by atoms with Crippen LogP contribution in [0.3, 0.4) is 0 Å². The zero-order valence-corrected chi connectivity index (χ0v) is 10.0. The number of rotatable bonds is 4. The molecule has 1 heterocycles. The Labute approximate surface area is 101 Å². The van der Waals surface area contributed by atoms with E-state index in [0.29, 0.717) is 0 Å². The largest absolute Gasteiger partial charge is 0.467 e. The lowest BCUT2D eigenvalue weighted by Gasteiger charge is -2.12. The molecule has 1 aromatic heterocycles. The molecule has 0 aliphatic rings. The lowest BCUT2D eigenvalue weighted by atomic mass is 10.3. The summed E-state index contributed by atoms with van der Waals surface area (Å²) in [7, 11) is -4.26. The molecule has 0 unspecified atom stereocenters. The van der Waals surface area contributed by atoms with Gasteiger partial charge in [-0.1, -0.05) is 6.92 Å². The Morgan fingerprint density at radius 2 is 2.00 bits per heavy atom. The second kappa shape index (κ2) is 5.06. The van der Waals surface area contributed by atoms with Crippen molar-refractivity contribution in [2.45, 2.75) is 24.4 Å². The zero-order valence-electron chi connectivity index (χ0n) is 9.23. The first-order chi connectivity index (χ1) is 8.15. The number of alkyl halides is 3. The van der Waals surface area contributed by atoms with Crippen LogP contribution < -0.4 is 9.88 Å². The molecule has 10 heteroatoms. The van der Waals surface area contributed by atoms with Crippen LogP contribution in [0.4, 0.5) is 13.2 Å². The average Bonchev–Trinajstić information content (AvgIpc) is 2.23. The molecule has 0 fully saturated rings.